The zero-order chi connectivity index (χ0) is 23.1. The number of aliphatic hydroxyl groups is 1. The summed E-state index contributed by atoms with van der Waals surface area (Å²) in [6, 6.07) is 8.23. The highest BCUT2D eigenvalue weighted by molar-refractivity contribution is 6.02. The molecule has 1 saturated carbocycles. The van der Waals surface area contributed by atoms with E-state index < -0.39 is 18.3 Å². The molecule has 5 rings (SSSR count). The second-order valence-corrected chi connectivity index (χ2v) is 9.38. The van der Waals surface area contributed by atoms with E-state index in [9.17, 15) is 20.0 Å². The van der Waals surface area contributed by atoms with Crippen molar-refractivity contribution >= 4 is 22.7 Å². The van der Waals surface area contributed by atoms with Crippen molar-refractivity contribution in [2.24, 2.45) is 17.8 Å². The van der Waals surface area contributed by atoms with Gasteiger partial charge in [0.2, 0.25) is 5.91 Å². The molecule has 2 aromatic rings. The molecular weight excluding hydrogens is 422 g/mol. The van der Waals surface area contributed by atoms with E-state index in [0.29, 0.717) is 36.9 Å². The Labute approximate surface area is 192 Å². The molecule has 2 saturated heterocycles. The van der Waals surface area contributed by atoms with Crippen molar-refractivity contribution in [2.75, 3.05) is 20.2 Å². The lowest BCUT2D eigenvalue weighted by Gasteiger charge is -2.33. The molecule has 174 valence electrons. The molecule has 1 aromatic heterocycles. The predicted molar refractivity (Wildman–Crippen MR) is 120 cm³/mol. The minimum Gasteiger partial charge on any atom is -0.496 e. The number of rotatable bonds is 6. The Morgan fingerprint density at radius 3 is 2.88 bits per heavy atom. The Morgan fingerprint density at radius 2 is 2.21 bits per heavy atom. The van der Waals surface area contributed by atoms with Gasteiger partial charge >= 0.3 is 0 Å². The highest BCUT2D eigenvalue weighted by atomic mass is 16.5. The maximum Gasteiger partial charge on any atom is 0.271 e. The average Bonchev–Trinajstić information content (AvgIpc) is 3.48. The second-order valence-electron chi connectivity index (χ2n) is 9.38. The Hall–Kier alpha value is -3.09. The largest absolute Gasteiger partial charge is 0.496 e. The van der Waals surface area contributed by atoms with Gasteiger partial charge in [-0.15, -0.1) is 0 Å². The summed E-state index contributed by atoms with van der Waals surface area (Å²) in [6.07, 6.45) is 2.39. The maximum atomic E-state index is 13.5. The fourth-order valence-electron chi connectivity index (χ4n) is 5.65. The fraction of sp³-hybridized carbons (Fsp3) is 0.542. The van der Waals surface area contributed by atoms with Crippen molar-refractivity contribution in [1.82, 2.24) is 20.5 Å². The molecule has 0 bridgehead atoms. The van der Waals surface area contributed by atoms with Gasteiger partial charge in [0, 0.05) is 23.4 Å². The molecule has 6 atom stereocenters. The van der Waals surface area contributed by atoms with Crippen LogP contribution >= 0.6 is 0 Å². The molecule has 1 aliphatic carbocycles. The van der Waals surface area contributed by atoms with Crippen molar-refractivity contribution in [3.05, 3.63) is 30.0 Å². The van der Waals surface area contributed by atoms with E-state index in [0.717, 1.165) is 30.2 Å². The first-order chi connectivity index (χ1) is 16.0. The number of carbonyl (C=O) groups is 2. The van der Waals surface area contributed by atoms with Gasteiger partial charge in [-0.3, -0.25) is 14.9 Å². The Bertz CT molecular complexity index is 1110. The van der Waals surface area contributed by atoms with Gasteiger partial charge in [-0.25, -0.2) is 0 Å². The third-order valence-electron chi connectivity index (χ3n) is 7.58. The first kappa shape index (κ1) is 21.7. The monoisotopic (exact) mass is 451 g/mol. The number of benzene rings is 1. The summed E-state index contributed by atoms with van der Waals surface area (Å²) in [4.78, 5) is 31.6. The number of hydrogen-bond acceptors (Lipinski definition) is 6. The quantitative estimate of drug-likeness (QED) is 0.525. The van der Waals surface area contributed by atoms with Crippen molar-refractivity contribution in [3.63, 3.8) is 0 Å². The number of aliphatic hydroxyl groups excluding tert-OH is 1. The van der Waals surface area contributed by atoms with Gasteiger partial charge in [-0.1, -0.05) is 6.07 Å². The van der Waals surface area contributed by atoms with Crippen molar-refractivity contribution in [2.45, 2.75) is 44.0 Å². The maximum absolute atomic E-state index is 13.5. The molecule has 1 aromatic carbocycles. The summed E-state index contributed by atoms with van der Waals surface area (Å²) < 4.78 is 5.41. The SMILES string of the molecule is COc1cccc2[nH]c(C(=O)N3C[C@H]4CC[C@H]4[C@@H]3C(=O)N[C@H](C#N)C[C@@H]3CCNC3O)cc12. The number of nitrogens with zero attached hydrogens (tertiary/aromatic N) is 2. The van der Waals surface area contributed by atoms with Crippen LogP contribution in [0.2, 0.25) is 0 Å². The van der Waals surface area contributed by atoms with E-state index in [1.54, 1.807) is 18.1 Å². The van der Waals surface area contributed by atoms with E-state index in [1.165, 1.54) is 0 Å². The summed E-state index contributed by atoms with van der Waals surface area (Å²) in [5, 5.41) is 26.3. The zero-order valence-corrected chi connectivity index (χ0v) is 18.6. The van der Waals surface area contributed by atoms with Gasteiger partial charge < -0.3 is 25.0 Å². The van der Waals surface area contributed by atoms with Gasteiger partial charge in [-0.2, -0.15) is 5.26 Å². The number of hydrogen-bond donors (Lipinski definition) is 4. The highest BCUT2D eigenvalue weighted by Crippen LogP contribution is 2.45. The van der Waals surface area contributed by atoms with Crippen LogP contribution in [0.15, 0.2) is 24.3 Å². The van der Waals surface area contributed by atoms with Crippen LogP contribution < -0.4 is 15.4 Å². The smallest absolute Gasteiger partial charge is 0.271 e. The average molecular weight is 452 g/mol. The van der Waals surface area contributed by atoms with Gasteiger partial charge in [0.1, 0.15) is 29.8 Å². The van der Waals surface area contributed by atoms with Crippen LogP contribution in [0.1, 0.15) is 36.2 Å². The summed E-state index contributed by atoms with van der Waals surface area (Å²) >= 11 is 0. The molecule has 3 heterocycles. The minimum atomic E-state index is -0.703. The number of ether oxygens (including phenoxy) is 1. The number of fused-ring (bicyclic) bond motifs is 2. The van der Waals surface area contributed by atoms with Crippen LogP contribution in [-0.4, -0.2) is 65.3 Å². The van der Waals surface area contributed by atoms with Gasteiger partial charge in [0.25, 0.3) is 5.91 Å². The van der Waals surface area contributed by atoms with Crippen molar-refractivity contribution in [1.29, 1.82) is 5.26 Å². The van der Waals surface area contributed by atoms with E-state index in [1.807, 2.05) is 18.2 Å². The normalized spacial score (nSPS) is 29.2. The third-order valence-corrected chi connectivity index (χ3v) is 7.58. The molecule has 0 radical (unpaired) electrons. The van der Waals surface area contributed by atoms with E-state index in [4.69, 9.17) is 4.74 Å². The number of likely N-dealkylation sites (tertiary alicyclic amines) is 1. The predicted octanol–water partition coefficient (Wildman–Crippen LogP) is 1.35. The Morgan fingerprint density at radius 1 is 1.36 bits per heavy atom. The molecule has 1 unspecified atom stereocenters. The van der Waals surface area contributed by atoms with Crippen LogP contribution in [0, 0.1) is 29.1 Å². The van der Waals surface area contributed by atoms with E-state index in [2.05, 4.69) is 21.7 Å². The molecular formula is C24H29N5O4. The molecule has 4 N–H and O–H groups in total. The molecule has 9 nitrogen and oxygen atoms in total. The number of H-pyrrole nitrogens is 1. The van der Waals surface area contributed by atoms with Crippen LogP contribution in [-0.2, 0) is 4.79 Å². The lowest BCUT2D eigenvalue weighted by molar-refractivity contribution is -0.127. The standard InChI is InChI=1S/C24H29N5O4/c1-33-20-4-2-3-18-17(20)10-19(28-18)24(32)29-12-14-5-6-16(14)21(29)23(31)27-15(11-25)9-13-7-8-26-22(13)30/h2-4,10,13-16,21-22,26,28,30H,5-9,12H2,1H3,(H,27,31)/t13-,14+,15-,16+,21+,22?/m0/s1. The summed E-state index contributed by atoms with van der Waals surface area (Å²) in [5.74, 6) is 0.534. The lowest BCUT2D eigenvalue weighted by atomic mass is 9.73. The van der Waals surface area contributed by atoms with Crippen LogP contribution in [0.3, 0.4) is 0 Å². The first-order valence-corrected chi connectivity index (χ1v) is 11.6. The number of aromatic amines is 1. The lowest BCUT2D eigenvalue weighted by Crippen LogP contribution is -2.52. The number of methoxy groups -OCH3 is 1. The Kier molecular flexibility index (Phi) is 5.72. The number of amides is 2. The Balaban J connectivity index is 1.35. The van der Waals surface area contributed by atoms with Crippen LogP contribution in [0.4, 0.5) is 0 Å². The number of aromatic nitrogens is 1. The first-order valence-electron chi connectivity index (χ1n) is 11.6. The summed E-state index contributed by atoms with van der Waals surface area (Å²) in [6.45, 7) is 1.23. The molecule has 3 fully saturated rings. The molecule has 33 heavy (non-hydrogen) atoms. The van der Waals surface area contributed by atoms with Crippen molar-refractivity contribution in [3.8, 4) is 11.8 Å². The van der Waals surface area contributed by atoms with Gasteiger partial charge in [0.15, 0.2) is 0 Å². The highest BCUT2D eigenvalue weighted by Gasteiger charge is 2.52. The van der Waals surface area contributed by atoms with E-state index in [-0.39, 0.29) is 23.7 Å². The molecule has 3 aliphatic rings. The van der Waals surface area contributed by atoms with Gasteiger partial charge in [-0.05, 0) is 62.3 Å². The number of nitrogens with one attached hydrogen (secondary N) is 3. The summed E-state index contributed by atoms with van der Waals surface area (Å²) in [5.41, 5.74) is 1.22. The second kappa shape index (κ2) is 8.69. The van der Waals surface area contributed by atoms with Gasteiger partial charge in [0.05, 0.1) is 13.2 Å². The number of carbonyl (C=O) groups excluding carboxylic acids is 2. The molecule has 0 spiro atoms. The fourth-order valence-corrected chi connectivity index (χ4v) is 5.65. The van der Waals surface area contributed by atoms with Crippen LogP contribution in [0.5, 0.6) is 5.75 Å². The molecule has 9 heteroatoms. The number of nitriles is 1. The minimum absolute atomic E-state index is 0.0750. The topological polar surface area (TPSA) is 130 Å². The molecule has 2 aliphatic heterocycles. The van der Waals surface area contributed by atoms with Crippen LogP contribution in [0.25, 0.3) is 10.9 Å². The summed E-state index contributed by atoms with van der Waals surface area (Å²) in [7, 11) is 1.59. The van der Waals surface area contributed by atoms with E-state index >= 15 is 0 Å². The third kappa shape index (κ3) is 3.83. The van der Waals surface area contributed by atoms with Crippen molar-refractivity contribution < 1.29 is 19.4 Å². The molecule has 2 amide bonds. The zero-order valence-electron chi connectivity index (χ0n) is 18.6.